The third kappa shape index (κ3) is 4.60. The molecule has 0 saturated heterocycles. The van der Waals surface area contributed by atoms with E-state index in [9.17, 15) is 9.59 Å². The molecule has 0 aliphatic heterocycles. The minimum absolute atomic E-state index is 0.122. The lowest BCUT2D eigenvalue weighted by Gasteiger charge is -2.11. The van der Waals surface area contributed by atoms with Crippen LogP contribution in [-0.4, -0.2) is 18.4 Å². The highest BCUT2D eigenvalue weighted by atomic mass is 35.5. The minimum Gasteiger partial charge on any atom is -0.345 e. The van der Waals surface area contributed by atoms with Gasteiger partial charge in [-0.3, -0.25) is 9.59 Å². The molecule has 0 spiro atoms. The fraction of sp³-hybridized carbons (Fsp3) is 0.176. The fourth-order valence-corrected chi connectivity index (χ4v) is 2.18. The summed E-state index contributed by atoms with van der Waals surface area (Å²) in [7, 11) is 0. The molecule has 22 heavy (non-hydrogen) atoms. The number of alkyl halides is 1. The normalized spacial score (nSPS) is 11.5. The first-order chi connectivity index (χ1) is 10.6. The average Bonchev–Trinajstić information content (AvgIpc) is 2.52. The van der Waals surface area contributed by atoms with Crippen LogP contribution in [0.15, 0.2) is 54.6 Å². The predicted octanol–water partition coefficient (Wildman–Crippen LogP) is 3.03. The Labute approximate surface area is 134 Å². The van der Waals surface area contributed by atoms with Gasteiger partial charge in [0.1, 0.15) is 5.38 Å². The lowest BCUT2D eigenvalue weighted by molar-refractivity contribution is -0.124. The monoisotopic (exact) mass is 316 g/mol. The summed E-state index contributed by atoms with van der Waals surface area (Å²) in [6.45, 7) is 1.82. The van der Waals surface area contributed by atoms with E-state index in [1.54, 1.807) is 18.2 Å². The number of aryl methyl sites for hydroxylation is 1. The molecule has 0 fully saturated rings. The second kappa shape index (κ2) is 7.61. The quantitative estimate of drug-likeness (QED) is 0.833. The van der Waals surface area contributed by atoms with Gasteiger partial charge in [0.25, 0.3) is 0 Å². The Bertz CT molecular complexity index is 659. The number of carbonyl (C=O) groups is 2. The number of hydrogen-bond acceptors (Lipinski definition) is 2. The van der Waals surface area contributed by atoms with Crippen molar-refractivity contribution < 1.29 is 9.59 Å². The largest absolute Gasteiger partial charge is 0.345 e. The standard InChI is InChI=1S/C17H17ClN2O2/c1-12-6-5-9-14(10-12)20-15(21)11-19-17(22)16(18)13-7-3-2-4-8-13/h2-10,16H,11H2,1H3,(H,19,22)(H,20,21)/t16-/m1/s1. The summed E-state index contributed by atoms with van der Waals surface area (Å²) < 4.78 is 0. The Morgan fingerprint density at radius 3 is 2.50 bits per heavy atom. The minimum atomic E-state index is -0.812. The first-order valence-corrected chi connectivity index (χ1v) is 7.33. The molecule has 2 rings (SSSR count). The second-order valence-electron chi connectivity index (χ2n) is 4.91. The fourth-order valence-electron chi connectivity index (χ4n) is 1.96. The highest BCUT2D eigenvalue weighted by Gasteiger charge is 2.17. The smallest absolute Gasteiger partial charge is 0.243 e. The molecule has 2 amide bonds. The van der Waals surface area contributed by atoms with E-state index in [0.717, 1.165) is 5.56 Å². The number of amides is 2. The number of rotatable bonds is 5. The summed E-state index contributed by atoms with van der Waals surface area (Å²) in [6.07, 6.45) is 0. The molecule has 0 aromatic heterocycles. The van der Waals surface area contributed by atoms with Crippen molar-refractivity contribution in [2.45, 2.75) is 12.3 Å². The van der Waals surface area contributed by atoms with Crippen LogP contribution >= 0.6 is 11.6 Å². The maximum atomic E-state index is 11.9. The second-order valence-corrected chi connectivity index (χ2v) is 5.35. The zero-order valence-electron chi connectivity index (χ0n) is 12.2. The molecule has 0 saturated carbocycles. The van der Waals surface area contributed by atoms with Crippen molar-refractivity contribution in [3.8, 4) is 0 Å². The Balaban J connectivity index is 1.84. The average molecular weight is 317 g/mol. The van der Waals surface area contributed by atoms with Gasteiger partial charge < -0.3 is 10.6 Å². The summed E-state index contributed by atoms with van der Waals surface area (Å²) in [6, 6.07) is 16.4. The third-order valence-corrected chi connectivity index (χ3v) is 3.50. The van der Waals surface area contributed by atoms with Crippen molar-refractivity contribution in [1.82, 2.24) is 5.32 Å². The van der Waals surface area contributed by atoms with Gasteiger partial charge in [-0.25, -0.2) is 0 Å². The van der Waals surface area contributed by atoms with Gasteiger partial charge in [-0.2, -0.15) is 0 Å². The number of hydrogen-bond donors (Lipinski definition) is 2. The van der Waals surface area contributed by atoms with Crippen LogP contribution in [0.25, 0.3) is 0 Å². The molecule has 0 heterocycles. The zero-order chi connectivity index (χ0) is 15.9. The topological polar surface area (TPSA) is 58.2 Å². The lowest BCUT2D eigenvalue weighted by atomic mass is 10.1. The van der Waals surface area contributed by atoms with Gasteiger partial charge in [-0.05, 0) is 30.2 Å². The Kier molecular flexibility index (Phi) is 5.55. The van der Waals surface area contributed by atoms with Crippen LogP contribution in [0.1, 0.15) is 16.5 Å². The van der Waals surface area contributed by atoms with E-state index in [0.29, 0.717) is 11.3 Å². The molecular weight excluding hydrogens is 300 g/mol. The molecule has 1 atom stereocenters. The van der Waals surface area contributed by atoms with E-state index < -0.39 is 11.3 Å². The maximum absolute atomic E-state index is 11.9. The highest BCUT2D eigenvalue weighted by Crippen LogP contribution is 2.19. The van der Waals surface area contributed by atoms with Gasteiger partial charge in [0.2, 0.25) is 11.8 Å². The van der Waals surface area contributed by atoms with Gasteiger partial charge in [0, 0.05) is 5.69 Å². The summed E-state index contributed by atoms with van der Waals surface area (Å²) >= 11 is 6.08. The molecule has 0 aliphatic carbocycles. The Morgan fingerprint density at radius 2 is 1.82 bits per heavy atom. The van der Waals surface area contributed by atoms with Crippen LogP contribution in [0.5, 0.6) is 0 Å². The number of benzene rings is 2. The number of carbonyl (C=O) groups excluding carboxylic acids is 2. The van der Waals surface area contributed by atoms with Crippen LogP contribution in [0.3, 0.4) is 0 Å². The van der Waals surface area contributed by atoms with Gasteiger partial charge in [-0.1, -0.05) is 42.5 Å². The molecule has 2 aromatic carbocycles. The molecule has 0 bridgehead atoms. The first-order valence-electron chi connectivity index (χ1n) is 6.89. The molecule has 114 valence electrons. The van der Waals surface area contributed by atoms with Crippen molar-refractivity contribution in [3.63, 3.8) is 0 Å². The number of halogens is 1. The molecule has 2 aromatic rings. The SMILES string of the molecule is Cc1cccc(NC(=O)CNC(=O)[C@H](Cl)c2ccccc2)c1. The number of nitrogens with one attached hydrogen (secondary N) is 2. The van der Waals surface area contributed by atoms with Gasteiger partial charge in [0.05, 0.1) is 6.54 Å². The lowest BCUT2D eigenvalue weighted by Crippen LogP contribution is -2.34. The Hall–Kier alpha value is -2.33. The van der Waals surface area contributed by atoms with Crippen LogP contribution < -0.4 is 10.6 Å². The van der Waals surface area contributed by atoms with Crippen molar-refractivity contribution in [3.05, 3.63) is 65.7 Å². The molecule has 5 heteroatoms. The predicted molar refractivity (Wildman–Crippen MR) is 87.9 cm³/mol. The van der Waals surface area contributed by atoms with Crippen molar-refractivity contribution in [2.75, 3.05) is 11.9 Å². The summed E-state index contributed by atoms with van der Waals surface area (Å²) in [5, 5.41) is 4.44. The van der Waals surface area contributed by atoms with Crippen LogP contribution in [0.4, 0.5) is 5.69 Å². The van der Waals surface area contributed by atoms with Gasteiger partial charge in [-0.15, -0.1) is 11.6 Å². The molecule has 0 unspecified atom stereocenters. The Morgan fingerprint density at radius 1 is 1.09 bits per heavy atom. The van der Waals surface area contributed by atoms with Gasteiger partial charge >= 0.3 is 0 Å². The summed E-state index contributed by atoms with van der Waals surface area (Å²) in [4.78, 5) is 23.7. The van der Waals surface area contributed by atoms with Crippen molar-refractivity contribution >= 4 is 29.1 Å². The van der Waals surface area contributed by atoms with E-state index in [4.69, 9.17) is 11.6 Å². The van der Waals surface area contributed by atoms with Crippen LogP contribution in [0.2, 0.25) is 0 Å². The number of anilines is 1. The van der Waals surface area contributed by atoms with Crippen LogP contribution in [-0.2, 0) is 9.59 Å². The molecule has 0 aliphatic rings. The molecule has 2 N–H and O–H groups in total. The first kappa shape index (κ1) is 16.0. The molecule has 0 radical (unpaired) electrons. The van der Waals surface area contributed by atoms with E-state index in [1.807, 2.05) is 43.3 Å². The van der Waals surface area contributed by atoms with Crippen LogP contribution in [0, 0.1) is 6.92 Å². The van der Waals surface area contributed by atoms with Crippen molar-refractivity contribution in [2.24, 2.45) is 0 Å². The highest BCUT2D eigenvalue weighted by molar-refractivity contribution is 6.30. The van der Waals surface area contributed by atoms with E-state index in [-0.39, 0.29) is 12.5 Å². The maximum Gasteiger partial charge on any atom is 0.243 e. The van der Waals surface area contributed by atoms with Gasteiger partial charge in [0.15, 0.2) is 0 Å². The van der Waals surface area contributed by atoms with E-state index >= 15 is 0 Å². The van der Waals surface area contributed by atoms with E-state index in [2.05, 4.69) is 10.6 Å². The summed E-state index contributed by atoms with van der Waals surface area (Å²) in [5.41, 5.74) is 2.44. The third-order valence-electron chi connectivity index (χ3n) is 3.05. The molecular formula is C17H17ClN2O2. The molecule has 4 nitrogen and oxygen atoms in total. The van der Waals surface area contributed by atoms with E-state index in [1.165, 1.54) is 0 Å². The zero-order valence-corrected chi connectivity index (χ0v) is 12.9. The van der Waals surface area contributed by atoms with Crippen molar-refractivity contribution in [1.29, 1.82) is 0 Å². The summed E-state index contributed by atoms with van der Waals surface area (Å²) in [5.74, 6) is -0.692.